The van der Waals surface area contributed by atoms with Crippen LogP contribution in [0.3, 0.4) is 0 Å². The minimum Gasteiger partial charge on any atom is -0.414 e. The Morgan fingerprint density at radius 3 is 2.54 bits per heavy atom. The van der Waals surface area contributed by atoms with Crippen molar-refractivity contribution in [3.05, 3.63) is 11.6 Å². The van der Waals surface area contributed by atoms with E-state index in [0.29, 0.717) is 16.9 Å². The molecule has 0 aromatic heterocycles. The van der Waals surface area contributed by atoms with E-state index in [9.17, 15) is 0 Å². The third kappa shape index (κ3) is 2.76. The van der Waals surface area contributed by atoms with E-state index in [1.807, 2.05) is 0 Å². The van der Waals surface area contributed by atoms with Crippen molar-refractivity contribution in [3.8, 4) is 0 Å². The van der Waals surface area contributed by atoms with Gasteiger partial charge < -0.3 is 4.43 Å². The maximum absolute atomic E-state index is 6.49. The van der Waals surface area contributed by atoms with Crippen LogP contribution in [0, 0.1) is 28.6 Å². The summed E-state index contributed by atoms with van der Waals surface area (Å²) in [6.07, 6.45) is 15.9. The summed E-state index contributed by atoms with van der Waals surface area (Å²) < 4.78 is 6.49. The number of rotatable bonds is 2. The van der Waals surface area contributed by atoms with E-state index in [1.165, 1.54) is 57.8 Å². The fraction of sp³-hybridized carbons (Fsp3) is 0.909. The van der Waals surface area contributed by atoms with E-state index in [2.05, 4.69) is 39.6 Å². The highest BCUT2D eigenvalue weighted by Gasteiger charge is 2.55. The van der Waals surface area contributed by atoms with Gasteiger partial charge in [-0.1, -0.05) is 31.9 Å². The van der Waals surface area contributed by atoms with E-state index in [4.69, 9.17) is 4.43 Å². The monoisotopic (exact) mass is 346 g/mol. The Morgan fingerprint density at radius 1 is 1.00 bits per heavy atom. The minimum absolute atomic E-state index is 0.492. The lowest BCUT2D eigenvalue weighted by Crippen LogP contribution is -2.50. The van der Waals surface area contributed by atoms with Gasteiger partial charge in [-0.15, -0.1) is 0 Å². The van der Waals surface area contributed by atoms with Gasteiger partial charge in [0.1, 0.15) is 0 Å². The Morgan fingerprint density at radius 2 is 1.79 bits per heavy atom. The Balaban J connectivity index is 1.56. The molecule has 6 atom stereocenters. The van der Waals surface area contributed by atoms with E-state index in [1.54, 1.807) is 5.57 Å². The number of allylic oxidation sites excluding steroid dienone is 1. The summed E-state index contributed by atoms with van der Waals surface area (Å²) in [5, 5.41) is 0. The molecular weight excluding hydrogens is 308 g/mol. The van der Waals surface area contributed by atoms with Gasteiger partial charge >= 0.3 is 0 Å². The molecule has 0 N–H and O–H groups in total. The van der Waals surface area contributed by atoms with Crippen LogP contribution >= 0.6 is 0 Å². The molecule has 0 amide bonds. The fourth-order valence-electron chi connectivity index (χ4n) is 7.22. The summed E-state index contributed by atoms with van der Waals surface area (Å²) in [6.45, 7) is 12.3. The van der Waals surface area contributed by atoms with Gasteiger partial charge in [0.15, 0.2) is 8.32 Å². The topological polar surface area (TPSA) is 9.23 Å². The lowest BCUT2D eigenvalue weighted by Gasteiger charge is -2.57. The quantitative estimate of drug-likeness (QED) is 0.406. The van der Waals surface area contributed by atoms with Gasteiger partial charge in [0.2, 0.25) is 0 Å². The highest BCUT2D eigenvalue weighted by atomic mass is 28.4. The molecule has 136 valence electrons. The van der Waals surface area contributed by atoms with Crippen molar-refractivity contribution in [2.75, 3.05) is 0 Å². The van der Waals surface area contributed by atoms with Crippen molar-refractivity contribution >= 4 is 8.32 Å². The van der Waals surface area contributed by atoms with Crippen LogP contribution < -0.4 is 0 Å². The van der Waals surface area contributed by atoms with Gasteiger partial charge in [-0.25, -0.2) is 0 Å². The number of hydrogen-bond acceptors (Lipinski definition) is 1. The molecule has 4 aliphatic rings. The summed E-state index contributed by atoms with van der Waals surface area (Å²) in [5.41, 5.74) is 2.95. The second-order valence-corrected chi connectivity index (χ2v) is 15.4. The molecule has 0 radical (unpaired) electrons. The second kappa shape index (κ2) is 5.71. The predicted octanol–water partition coefficient (Wildman–Crippen LogP) is 6.56. The molecule has 1 nitrogen and oxygen atoms in total. The summed E-state index contributed by atoms with van der Waals surface area (Å²) >= 11 is 0. The standard InChI is InChI=1S/C22H38OSi/c1-21-12-6-7-19(21)18-9-8-16-15-17(23-24(3,4)5)10-14-22(16,2)20(18)11-13-21/h8,17-20H,6-7,9-15H2,1-5H3/t17-,18-,19-,20-,21-,22-/m0/s1. The van der Waals surface area contributed by atoms with Crippen LogP contribution in [0.5, 0.6) is 0 Å². The van der Waals surface area contributed by atoms with E-state index < -0.39 is 8.32 Å². The van der Waals surface area contributed by atoms with Crippen molar-refractivity contribution in [1.82, 2.24) is 0 Å². The van der Waals surface area contributed by atoms with E-state index in [-0.39, 0.29) is 0 Å². The average Bonchev–Trinajstić information content (AvgIpc) is 2.88. The summed E-state index contributed by atoms with van der Waals surface area (Å²) in [7, 11) is -1.41. The van der Waals surface area contributed by atoms with Crippen LogP contribution in [0.4, 0.5) is 0 Å². The Kier molecular flexibility index (Phi) is 4.12. The van der Waals surface area contributed by atoms with Crippen LogP contribution in [-0.4, -0.2) is 14.4 Å². The zero-order valence-corrected chi connectivity index (χ0v) is 17.7. The smallest absolute Gasteiger partial charge is 0.184 e. The van der Waals surface area contributed by atoms with Crippen LogP contribution in [0.2, 0.25) is 19.6 Å². The largest absolute Gasteiger partial charge is 0.414 e. The lowest BCUT2D eigenvalue weighted by atomic mass is 9.48. The molecule has 3 saturated carbocycles. The maximum Gasteiger partial charge on any atom is 0.184 e. The normalized spacial score (nSPS) is 48.3. The molecule has 0 saturated heterocycles. The zero-order valence-electron chi connectivity index (χ0n) is 16.7. The second-order valence-electron chi connectivity index (χ2n) is 10.9. The molecule has 0 spiro atoms. The first kappa shape index (κ1) is 17.3. The lowest BCUT2D eigenvalue weighted by molar-refractivity contribution is -0.0344. The molecular formula is C22H38OSi. The fourth-order valence-corrected chi connectivity index (χ4v) is 8.42. The van der Waals surface area contributed by atoms with Gasteiger partial charge in [0.05, 0.1) is 0 Å². The highest BCUT2D eigenvalue weighted by Crippen LogP contribution is 2.64. The Hall–Kier alpha value is -0.0831. The summed E-state index contributed by atoms with van der Waals surface area (Å²) in [5.74, 6) is 2.96. The maximum atomic E-state index is 6.49. The minimum atomic E-state index is -1.41. The van der Waals surface area contributed by atoms with Crippen LogP contribution in [0.15, 0.2) is 11.6 Å². The van der Waals surface area contributed by atoms with Crippen LogP contribution in [0.25, 0.3) is 0 Å². The number of hydrogen-bond donors (Lipinski definition) is 0. The number of fused-ring (bicyclic) bond motifs is 5. The average molecular weight is 347 g/mol. The van der Waals surface area contributed by atoms with Crippen molar-refractivity contribution in [2.45, 2.75) is 97.4 Å². The summed E-state index contributed by atoms with van der Waals surface area (Å²) in [6, 6.07) is 0. The molecule has 4 aliphatic carbocycles. The van der Waals surface area contributed by atoms with Gasteiger partial charge in [-0.2, -0.15) is 0 Å². The van der Waals surface area contributed by atoms with Crippen molar-refractivity contribution in [1.29, 1.82) is 0 Å². The molecule has 0 aliphatic heterocycles. The SMILES string of the molecule is C[C@@]12CCC[C@H]1[C@@H]1CC=C3C[C@@H](O[Si](C)(C)C)CC[C@]3(C)[C@H]1CC2. The predicted molar refractivity (Wildman–Crippen MR) is 105 cm³/mol. The van der Waals surface area contributed by atoms with E-state index in [0.717, 1.165) is 17.8 Å². The molecule has 4 rings (SSSR count). The molecule has 2 heteroatoms. The first-order chi connectivity index (χ1) is 11.2. The van der Waals surface area contributed by atoms with Crippen molar-refractivity contribution < 1.29 is 4.43 Å². The van der Waals surface area contributed by atoms with Crippen molar-refractivity contribution in [2.24, 2.45) is 28.6 Å². The van der Waals surface area contributed by atoms with Crippen LogP contribution in [-0.2, 0) is 4.43 Å². The molecule has 0 aromatic carbocycles. The van der Waals surface area contributed by atoms with E-state index >= 15 is 0 Å². The van der Waals surface area contributed by atoms with Gasteiger partial charge in [0.25, 0.3) is 0 Å². The van der Waals surface area contributed by atoms with Crippen LogP contribution in [0.1, 0.15) is 71.6 Å². The van der Waals surface area contributed by atoms with Crippen molar-refractivity contribution in [3.63, 3.8) is 0 Å². The molecule has 3 fully saturated rings. The van der Waals surface area contributed by atoms with Gasteiger partial charge in [-0.3, -0.25) is 0 Å². The zero-order chi connectivity index (χ0) is 17.2. The Labute approximate surface area is 150 Å². The molecule has 0 bridgehead atoms. The molecule has 0 heterocycles. The summed E-state index contributed by atoms with van der Waals surface area (Å²) in [4.78, 5) is 0. The Bertz CT molecular complexity index is 533. The third-order valence-electron chi connectivity index (χ3n) is 8.36. The molecule has 0 aromatic rings. The first-order valence-electron chi connectivity index (χ1n) is 10.6. The molecule has 24 heavy (non-hydrogen) atoms. The first-order valence-corrected chi connectivity index (χ1v) is 14.0. The third-order valence-corrected chi connectivity index (χ3v) is 9.40. The molecule has 0 unspecified atom stereocenters. The highest BCUT2D eigenvalue weighted by molar-refractivity contribution is 6.69. The van der Waals surface area contributed by atoms with Gasteiger partial charge in [-0.05, 0) is 99.6 Å². The van der Waals surface area contributed by atoms with Gasteiger partial charge in [0, 0.05) is 6.10 Å².